The average molecular weight is 506 g/mol. The number of hydrogen-bond donors (Lipinski definition) is 2. The molecule has 1 unspecified atom stereocenters. The molecule has 0 aliphatic heterocycles. The summed E-state index contributed by atoms with van der Waals surface area (Å²) < 4.78 is 11.2. The Kier molecular flexibility index (Phi) is 16.0. The fourth-order valence-corrected chi connectivity index (χ4v) is 2.71. The van der Waals surface area contributed by atoms with Gasteiger partial charge in [-0.2, -0.15) is 0 Å². The summed E-state index contributed by atoms with van der Waals surface area (Å²) in [6, 6.07) is 7.65. The molecule has 2 N–H and O–H groups in total. The van der Waals surface area contributed by atoms with E-state index in [2.05, 4.69) is 41.3 Å². The molecule has 0 aromatic heterocycles. The molecule has 28 heavy (non-hydrogen) atoms. The van der Waals surface area contributed by atoms with Gasteiger partial charge in [-0.05, 0) is 58.5 Å². The first-order valence-electron chi connectivity index (χ1n) is 10.2. The molecule has 0 radical (unpaired) electrons. The SMILES string of the molecule is CCNC(=NCC(C)Oc1cccc(OC)c1)NCCCCN(CC)CC.I. The van der Waals surface area contributed by atoms with Crippen LogP contribution in [0.1, 0.15) is 40.5 Å². The van der Waals surface area contributed by atoms with Crippen LogP contribution in [-0.4, -0.2) is 63.3 Å². The number of ether oxygens (including phenoxy) is 2. The Morgan fingerprint density at radius 1 is 1.11 bits per heavy atom. The van der Waals surface area contributed by atoms with Crippen LogP contribution in [0.25, 0.3) is 0 Å². The Balaban J connectivity index is 0.00000729. The van der Waals surface area contributed by atoms with E-state index in [4.69, 9.17) is 9.47 Å². The van der Waals surface area contributed by atoms with Gasteiger partial charge < -0.3 is 25.0 Å². The molecule has 162 valence electrons. The van der Waals surface area contributed by atoms with Crippen molar-refractivity contribution in [2.45, 2.75) is 46.6 Å². The van der Waals surface area contributed by atoms with E-state index in [1.54, 1.807) is 7.11 Å². The lowest BCUT2D eigenvalue weighted by molar-refractivity contribution is 0.229. The van der Waals surface area contributed by atoms with Crippen LogP contribution in [0.3, 0.4) is 0 Å². The lowest BCUT2D eigenvalue weighted by Crippen LogP contribution is -2.38. The van der Waals surface area contributed by atoms with Crippen LogP contribution >= 0.6 is 24.0 Å². The second kappa shape index (κ2) is 16.7. The molecule has 1 atom stereocenters. The second-order valence-electron chi connectivity index (χ2n) is 6.49. The van der Waals surface area contributed by atoms with Crippen LogP contribution in [0.15, 0.2) is 29.3 Å². The Morgan fingerprint density at radius 3 is 2.46 bits per heavy atom. The van der Waals surface area contributed by atoms with Gasteiger partial charge in [0.25, 0.3) is 0 Å². The Hall–Kier alpha value is -1.22. The number of nitrogens with zero attached hydrogens (tertiary/aromatic N) is 2. The van der Waals surface area contributed by atoms with E-state index in [9.17, 15) is 0 Å². The van der Waals surface area contributed by atoms with E-state index in [0.717, 1.165) is 56.6 Å². The number of hydrogen-bond acceptors (Lipinski definition) is 4. The fourth-order valence-electron chi connectivity index (χ4n) is 2.71. The molecule has 6 nitrogen and oxygen atoms in total. The van der Waals surface area contributed by atoms with Gasteiger partial charge in [0.05, 0.1) is 13.7 Å². The quantitative estimate of drug-likeness (QED) is 0.185. The van der Waals surface area contributed by atoms with Crippen molar-refractivity contribution in [3.05, 3.63) is 24.3 Å². The van der Waals surface area contributed by atoms with Crippen LogP contribution in [0.5, 0.6) is 11.5 Å². The minimum Gasteiger partial charge on any atom is -0.497 e. The van der Waals surface area contributed by atoms with E-state index in [0.29, 0.717) is 6.54 Å². The predicted octanol–water partition coefficient (Wildman–Crippen LogP) is 3.76. The Bertz CT molecular complexity index is 539. The number of nitrogens with one attached hydrogen (secondary N) is 2. The summed E-state index contributed by atoms with van der Waals surface area (Å²) in [5.74, 6) is 2.44. The summed E-state index contributed by atoms with van der Waals surface area (Å²) in [5, 5.41) is 6.71. The first-order chi connectivity index (χ1) is 13.1. The zero-order chi connectivity index (χ0) is 19.9. The molecule has 0 heterocycles. The van der Waals surface area contributed by atoms with Crippen molar-refractivity contribution in [3.8, 4) is 11.5 Å². The second-order valence-corrected chi connectivity index (χ2v) is 6.49. The molecule has 0 aliphatic rings. The fraction of sp³-hybridized carbons (Fsp3) is 0.667. The van der Waals surface area contributed by atoms with Gasteiger partial charge in [-0.3, -0.25) is 0 Å². The summed E-state index contributed by atoms with van der Waals surface area (Å²) >= 11 is 0. The van der Waals surface area contributed by atoms with E-state index in [1.165, 1.54) is 6.42 Å². The van der Waals surface area contributed by atoms with Gasteiger partial charge in [0.2, 0.25) is 0 Å². The molecule has 0 saturated heterocycles. The third kappa shape index (κ3) is 11.6. The molecule has 1 aromatic rings. The number of rotatable bonds is 13. The average Bonchev–Trinajstić information content (AvgIpc) is 2.69. The van der Waals surface area contributed by atoms with Crippen LogP contribution < -0.4 is 20.1 Å². The summed E-state index contributed by atoms with van der Waals surface area (Å²) in [6.45, 7) is 14.3. The van der Waals surface area contributed by atoms with Crippen molar-refractivity contribution < 1.29 is 9.47 Å². The molecule has 1 rings (SSSR count). The van der Waals surface area contributed by atoms with Crippen molar-refractivity contribution in [2.24, 2.45) is 4.99 Å². The zero-order valence-electron chi connectivity index (χ0n) is 18.2. The van der Waals surface area contributed by atoms with Gasteiger partial charge in [-0.25, -0.2) is 4.99 Å². The van der Waals surface area contributed by atoms with Crippen molar-refractivity contribution >= 4 is 29.9 Å². The number of guanidine groups is 1. The number of halogens is 1. The Labute approximate surface area is 188 Å². The van der Waals surface area contributed by atoms with Crippen molar-refractivity contribution in [1.82, 2.24) is 15.5 Å². The van der Waals surface area contributed by atoms with E-state index in [1.807, 2.05) is 31.2 Å². The van der Waals surface area contributed by atoms with Gasteiger partial charge in [-0.1, -0.05) is 19.9 Å². The summed E-state index contributed by atoms with van der Waals surface area (Å²) in [7, 11) is 1.66. The number of methoxy groups -OCH3 is 1. The van der Waals surface area contributed by atoms with E-state index in [-0.39, 0.29) is 30.1 Å². The van der Waals surface area contributed by atoms with Gasteiger partial charge in [0.15, 0.2) is 5.96 Å². The van der Waals surface area contributed by atoms with Crippen molar-refractivity contribution in [3.63, 3.8) is 0 Å². The number of benzene rings is 1. The molecule has 0 aliphatic carbocycles. The summed E-state index contributed by atoms with van der Waals surface area (Å²) in [6.07, 6.45) is 2.32. The highest BCUT2D eigenvalue weighted by atomic mass is 127. The van der Waals surface area contributed by atoms with Crippen LogP contribution in [-0.2, 0) is 0 Å². The highest BCUT2D eigenvalue weighted by Crippen LogP contribution is 2.19. The maximum Gasteiger partial charge on any atom is 0.191 e. The van der Waals surface area contributed by atoms with Gasteiger partial charge >= 0.3 is 0 Å². The largest absolute Gasteiger partial charge is 0.497 e. The van der Waals surface area contributed by atoms with E-state index < -0.39 is 0 Å². The normalized spacial score (nSPS) is 12.3. The first kappa shape index (κ1) is 26.8. The lowest BCUT2D eigenvalue weighted by Gasteiger charge is -2.18. The molecule has 0 amide bonds. The molecular formula is C21H39IN4O2. The lowest BCUT2D eigenvalue weighted by atomic mass is 10.3. The molecule has 1 aromatic carbocycles. The van der Waals surface area contributed by atoms with Crippen molar-refractivity contribution in [2.75, 3.05) is 46.4 Å². The third-order valence-corrected chi connectivity index (χ3v) is 4.32. The molecule has 0 saturated carbocycles. The minimum absolute atomic E-state index is 0. The zero-order valence-corrected chi connectivity index (χ0v) is 20.5. The molecule has 7 heteroatoms. The topological polar surface area (TPSA) is 58.1 Å². The van der Waals surface area contributed by atoms with Gasteiger partial charge in [0, 0.05) is 19.2 Å². The molecule has 0 bridgehead atoms. The maximum absolute atomic E-state index is 5.93. The highest BCUT2D eigenvalue weighted by Gasteiger charge is 2.06. The standard InChI is InChI=1S/C21H38N4O2.HI/c1-6-22-21(23-14-9-10-15-25(7-2)8-3)24-17-18(4)27-20-13-11-12-19(16-20)26-5;/h11-13,16,18H,6-10,14-15,17H2,1-5H3,(H2,22,23,24);1H. The number of aliphatic imine (C=N–C) groups is 1. The summed E-state index contributed by atoms with van der Waals surface area (Å²) in [5.41, 5.74) is 0. The van der Waals surface area contributed by atoms with Crippen LogP contribution in [0.4, 0.5) is 0 Å². The van der Waals surface area contributed by atoms with Crippen LogP contribution in [0.2, 0.25) is 0 Å². The summed E-state index contributed by atoms with van der Waals surface area (Å²) in [4.78, 5) is 7.10. The Morgan fingerprint density at radius 2 is 1.82 bits per heavy atom. The van der Waals surface area contributed by atoms with Gasteiger partial charge in [-0.15, -0.1) is 24.0 Å². The third-order valence-electron chi connectivity index (χ3n) is 4.32. The predicted molar refractivity (Wildman–Crippen MR) is 130 cm³/mol. The van der Waals surface area contributed by atoms with Crippen LogP contribution in [0, 0.1) is 0 Å². The molecule has 0 spiro atoms. The molecule has 0 fully saturated rings. The monoisotopic (exact) mass is 506 g/mol. The maximum atomic E-state index is 5.93. The smallest absolute Gasteiger partial charge is 0.191 e. The molecular weight excluding hydrogens is 467 g/mol. The highest BCUT2D eigenvalue weighted by molar-refractivity contribution is 14.0. The number of unbranched alkanes of at least 4 members (excludes halogenated alkanes) is 1. The van der Waals surface area contributed by atoms with Gasteiger partial charge in [0.1, 0.15) is 17.6 Å². The minimum atomic E-state index is -0.0183. The van der Waals surface area contributed by atoms with Crippen molar-refractivity contribution in [1.29, 1.82) is 0 Å². The first-order valence-corrected chi connectivity index (χ1v) is 10.2. The van der Waals surface area contributed by atoms with E-state index >= 15 is 0 Å².